The first-order valence-electron chi connectivity index (χ1n) is 13.1. The van der Waals surface area contributed by atoms with Crippen LogP contribution in [0, 0.1) is 0 Å². The van der Waals surface area contributed by atoms with Crippen LogP contribution in [-0.2, 0) is 19.1 Å². The number of amides is 1. The zero-order valence-electron chi connectivity index (χ0n) is 22.2. The number of benzene rings is 2. The van der Waals surface area contributed by atoms with Gasteiger partial charge in [0.1, 0.15) is 23.5 Å². The van der Waals surface area contributed by atoms with Crippen molar-refractivity contribution in [2.75, 3.05) is 50.6 Å². The number of esters is 1. The SMILES string of the molecule is COc1cc2ncnc(NC(C)c3ccccc3)c2cc1NC(=O)C=CCN1CC(=O)OC2(CCOCC2)C1. The number of carbonyl (C=O) groups excluding carboxylic acids is 2. The Kier molecular flexibility index (Phi) is 8.04. The number of rotatable bonds is 8. The van der Waals surface area contributed by atoms with Crippen LogP contribution in [0.2, 0.25) is 0 Å². The highest BCUT2D eigenvalue weighted by Crippen LogP contribution is 2.33. The van der Waals surface area contributed by atoms with Crippen molar-refractivity contribution < 1.29 is 23.8 Å². The molecule has 0 bridgehead atoms. The van der Waals surface area contributed by atoms with E-state index in [1.165, 1.54) is 12.4 Å². The second-order valence-corrected chi connectivity index (χ2v) is 9.90. The summed E-state index contributed by atoms with van der Waals surface area (Å²) in [7, 11) is 1.55. The molecule has 1 aromatic heterocycles. The quantitative estimate of drug-likeness (QED) is 0.332. The fourth-order valence-corrected chi connectivity index (χ4v) is 5.06. The summed E-state index contributed by atoms with van der Waals surface area (Å²) in [6.45, 7) is 4.51. The largest absolute Gasteiger partial charge is 0.494 e. The van der Waals surface area contributed by atoms with Gasteiger partial charge < -0.3 is 24.8 Å². The van der Waals surface area contributed by atoms with Crippen LogP contribution in [0.1, 0.15) is 31.4 Å². The van der Waals surface area contributed by atoms with Crippen LogP contribution in [0.3, 0.4) is 0 Å². The molecule has 2 aliphatic heterocycles. The summed E-state index contributed by atoms with van der Waals surface area (Å²) in [5, 5.41) is 7.11. The molecule has 0 radical (unpaired) electrons. The Morgan fingerprint density at radius 3 is 2.77 bits per heavy atom. The van der Waals surface area contributed by atoms with Crippen molar-refractivity contribution in [2.45, 2.75) is 31.4 Å². The van der Waals surface area contributed by atoms with Gasteiger partial charge in [0.05, 0.1) is 38.1 Å². The molecule has 10 nitrogen and oxygen atoms in total. The number of hydrogen-bond donors (Lipinski definition) is 2. The van der Waals surface area contributed by atoms with E-state index in [0.29, 0.717) is 61.9 Å². The molecule has 1 amide bonds. The topological polar surface area (TPSA) is 115 Å². The van der Waals surface area contributed by atoms with Gasteiger partial charge in [-0.25, -0.2) is 9.97 Å². The molecule has 2 saturated heterocycles. The summed E-state index contributed by atoms with van der Waals surface area (Å²) in [5.41, 5.74) is 1.83. The Morgan fingerprint density at radius 2 is 2.00 bits per heavy atom. The number of aromatic nitrogens is 2. The monoisotopic (exact) mass is 531 g/mol. The van der Waals surface area contributed by atoms with Gasteiger partial charge in [-0.15, -0.1) is 0 Å². The number of methoxy groups -OCH3 is 1. The zero-order chi connectivity index (χ0) is 27.2. The maximum absolute atomic E-state index is 12.8. The highest BCUT2D eigenvalue weighted by molar-refractivity contribution is 6.03. The molecular formula is C29H33N5O5. The minimum atomic E-state index is -0.492. The number of nitrogens with one attached hydrogen (secondary N) is 2. The Labute approximate surface area is 227 Å². The number of fused-ring (bicyclic) bond motifs is 1. The normalized spacial score (nSPS) is 18.2. The third kappa shape index (κ3) is 6.35. The summed E-state index contributed by atoms with van der Waals surface area (Å²) < 4.78 is 16.6. The second kappa shape index (κ2) is 11.8. The minimum absolute atomic E-state index is 0.0136. The molecule has 1 spiro atoms. The van der Waals surface area contributed by atoms with Crippen molar-refractivity contribution >= 4 is 34.3 Å². The number of anilines is 2. The van der Waals surface area contributed by atoms with Gasteiger partial charge >= 0.3 is 5.97 Å². The van der Waals surface area contributed by atoms with Crippen LogP contribution in [0.25, 0.3) is 10.9 Å². The predicted octanol–water partition coefficient (Wildman–Crippen LogP) is 3.71. The van der Waals surface area contributed by atoms with Gasteiger partial charge in [0.25, 0.3) is 0 Å². The molecule has 1 unspecified atom stereocenters. The van der Waals surface area contributed by atoms with E-state index in [1.54, 1.807) is 19.3 Å². The van der Waals surface area contributed by atoms with E-state index in [0.717, 1.165) is 10.9 Å². The number of morpholine rings is 1. The third-order valence-electron chi connectivity index (χ3n) is 7.10. The third-order valence-corrected chi connectivity index (χ3v) is 7.10. The Bertz CT molecular complexity index is 1360. The highest BCUT2D eigenvalue weighted by Gasteiger charge is 2.41. The van der Waals surface area contributed by atoms with Crippen molar-refractivity contribution in [3.05, 3.63) is 66.5 Å². The average Bonchev–Trinajstić information content (AvgIpc) is 2.93. The summed E-state index contributed by atoms with van der Waals surface area (Å²) in [6, 6.07) is 13.7. The van der Waals surface area contributed by atoms with E-state index in [9.17, 15) is 9.59 Å². The standard InChI is InChI=1S/C29H33N5O5/c1-20(21-7-4-3-5-8-21)32-28-22-15-24(25(37-2)16-23(22)30-19-31-28)33-26(35)9-6-12-34-17-27(36)39-29(18-34)10-13-38-14-11-29/h3-9,15-16,19-20H,10-14,17-18H2,1-2H3,(H,33,35)(H,30,31,32). The molecule has 3 heterocycles. The molecule has 1 atom stereocenters. The first kappa shape index (κ1) is 26.6. The van der Waals surface area contributed by atoms with Gasteiger partial charge in [0.15, 0.2) is 0 Å². The molecule has 10 heteroatoms. The fourth-order valence-electron chi connectivity index (χ4n) is 5.06. The number of nitrogens with zero attached hydrogens (tertiary/aromatic N) is 3. The van der Waals surface area contributed by atoms with Crippen LogP contribution in [-0.4, -0.2) is 72.3 Å². The molecule has 2 N–H and O–H groups in total. The lowest BCUT2D eigenvalue weighted by Crippen LogP contribution is -2.56. The van der Waals surface area contributed by atoms with Gasteiger partial charge in [0.2, 0.25) is 5.91 Å². The van der Waals surface area contributed by atoms with E-state index in [1.807, 2.05) is 29.2 Å². The van der Waals surface area contributed by atoms with Crippen molar-refractivity contribution in [1.29, 1.82) is 0 Å². The first-order valence-corrected chi connectivity index (χ1v) is 13.1. The smallest absolute Gasteiger partial charge is 0.320 e. The molecule has 2 aromatic carbocycles. The molecule has 3 aromatic rings. The molecule has 0 aliphatic carbocycles. The highest BCUT2D eigenvalue weighted by atomic mass is 16.6. The van der Waals surface area contributed by atoms with Crippen LogP contribution in [0.5, 0.6) is 5.75 Å². The van der Waals surface area contributed by atoms with E-state index < -0.39 is 5.60 Å². The minimum Gasteiger partial charge on any atom is -0.494 e. The van der Waals surface area contributed by atoms with Crippen LogP contribution in [0.15, 0.2) is 60.9 Å². The molecule has 0 saturated carbocycles. The predicted molar refractivity (Wildman–Crippen MR) is 148 cm³/mol. The second-order valence-electron chi connectivity index (χ2n) is 9.90. The van der Waals surface area contributed by atoms with Gasteiger partial charge in [-0.3, -0.25) is 14.5 Å². The molecule has 39 heavy (non-hydrogen) atoms. The van der Waals surface area contributed by atoms with E-state index >= 15 is 0 Å². The van der Waals surface area contributed by atoms with Crippen LogP contribution < -0.4 is 15.4 Å². The maximum Gasteiger partial charge on any atom is 0.320 e. The maximum atomic E-state index is 12.8. The van der Waals surface area contributed by atoms with E-state index in [-0.39, 0.29) is 24.5 Å². The molecule has 204 valence electrons. The Morgan fingerprint density at radius 1 is 1.21 bits per heavy atom. The van der Waals surface area contributed by atoms with Gasteiger partial charge in [-0.2, -0.15) is 0 Å². The number of hydrogen-bond acceptors (Lipinski definition) is 9. The molecule has 2 fully saturated rings. The summed E-state index contributed by atoms with van der Waals surface area (Å²) in [5.74, 6) is 0.599. The Balaban J connectivity index is 1.28. The lowest BCUT2D eigenvalue weighted by atomic mass is 9.92. The lowest BCUT2D eigenvalue weighted by Gasteiger charge is -2.43. The molecular weight excluding hydrogens is 498 g/mol. The Hall–Kier alpha value is -4.02. The number of ether oxygens (including phenoxy) is 3. The van der Waals surface area contributed by atoms with Crippen LogP contribution >= 0.6 is 0 Å². The van der Waals surface area contributed by atoms with Crippen LogP contribution in [0.4, 0.5) is 11.5 Å². The average molecular weight is 532 g/mol. The van der Waals surface area contributed by atoms with Gasteiger partial charge in [0, 0.05) is 49.5 Å². The van der Waals surface area contributed by atoms with E-state index in [2.05, 4.69) is 39.7 Å². The number of carbonyl (C=O) groups is 2. The van der Waals surface area contributed by atoms with Crippen molar-refractivity contribution in [3.8, 4) is 5.75 Å². The van der Waals surface area contributed by atoms with Crippen molar-refractivity contribution in [3.63, 3.8) is 0 Å². The summed E-state index contributed by atoms with van der Waals surface area (Å²) in [6.07, 6.45) is 6.10. The molecule has 2 aliphatic rings. The van der Waals surface area contributed by atoms with Gasteiger partial charge in [-0.1, -0.05) is 36.4 Å². The van der Waals surface area contributed by atoms with Gasteiger partial charge in [-0.05, 0) is 18.6 Å². The van der Waals surface area contributed by atoms with E-state index in [4.69, 9.17) is 14.2 Å². The zero-order valence-corrected chi connectivity index (χ0v) is 22.2. The molecule has 5 rings (SSSR count). The summed E-state index contributed by atoms with van der Waals surface area (Å²) in [4.78, 5) is 35.9. The summed E-state index contributed by atoms with van der Waals surface area (Å²) >= 11 is 0. The van der Waals surface area contributed by atoms with Crippen molar-refractivity contribution in [2.24, 2.45) is 0 Å². The lowest BCUT2D eigenvalue weighted by molar-refractivity contribution is -0.185. The fraction of sp³-hybridized carbons (Fsp3) is 0.379. The van der Waals surface area contributed by atoms with Crippen molar-refractivity contribution in [1.82, 2.24) is 14.9 Å². The first-order chi connectivity index (χ1) is 18.9.